The van der Waals surface area contributed by atoms with E-state index < -0.39 is 0 Å². The first kappa shape index (κ1) is 9.75. The van der Waals surface area contributed by atoms with Crippen molar-refractivity contribution in [2.24, 2.45) is 0 Å². The van der Waals surface area contributed by atoms with Crippen molar-refractivity contribution in [2.75, 3.05) is 19.6 Å². The van der Waals surface area contributed by atoms with Gasteiger partial charge in [0.1, 0.15) is 0 Å². The van der Waals surface area contributed by atoms with E-state index in [9.17, 15) is 0 Å². The van der Waals surface area contributed by atoms with E-state index in [4.69, 9.17) is 4.98 Å². The lowest BCUT2D eigenvalue weighted by Crippen LogP contribution is -2.42. The number of hydrogen-bond donors (Lipinski definition) is 2. The first-order valence-corrected chi connectivity index (χ1v) is 5.73. The highest BCUT2D eigenvalue weighted by molar-refractivity contribution is 5.78. The minimum Gasteiger partial charge on any atom is -0.314 e. The maximum atomic E-state index is 4.70. The number of pyridine rings is 1. The number of rotatable bonds is 1. The fourth-order valence-electron chi connectivity index (χ4n) is 2.14. The van der Waals surface area contributed by atoms with Crippen molar-refractivity contribution in [3.63, 3.8) is 0 Å². The summed E-state index contributed by atoms with van der Waals surface area (Å²) in [6, 6.07) is 12.9. The third kappa shape index (κ3) is 1.79. The van der Waals surface area contributed by atoms with Gasteiger partial charge in [-0.2, -0.15) is 0 Å². The molecule has 0 spiro atoms. The Morgan fingerprint density at radius 1 is 1.06 bits per heavy atom. The van der Waals surface area contributed by atoms with Gasteiger partial charge in [-0.05, 0) is 12.1 Å². The molecule has 0 aliphatic carbocycles. The average molecular weight is 213 g/mol. The van der Waals surface area contributed by atoms with Gasteiger partial charge in [-0.15, -0.1) is 0 Å². The summed E-state index contributed by atoms with van der Waals surface area (Å²) in [5.41, 5.74) is 2.21. The first-order chi connectivity index (χ1) is 7.93. The van der Waals surface area contributed by atoms with Crippen LogP contribution in [0.4, 0.5) is 0 Å². The Morgan fingerprint density at radius 3 is 2.88 bits per heavy atom. The second kappa shape index (κ2) is 4.20. The van der Waals surface area contributed by atoms with Crippen LogP contribution in [-0.4, -0.2) is 24.6 Å². The molecular formula is C13H15N3. The largest absolute Gasteiger partial charge is 0.314 e. The zero-order valence-electron chi connectivity index (χ0n) is 9.11. The fraction of sp³-hybridized carbons (Fsp3) is 0.308. The van der Waals surface area contributed by atoms with Gasteiger partial charge in [0, 0.05) is 25.0 Å². The number of benzene rings is 1. The standard InChI is InChI=1S/C13H15N3/c1-2-4-11-10(3-1)5-6-12(16-11)13-9-14-7-8-15-13/h1-6,13-15H,7-9H2. The Kier molecular flexibility index (Phi) is 2.56. The van der Waals surface area contributed by atoms with Crippen LogP contribution in [0.1, 0.15) is 11.7 Å². The van der Waals surface area contributed by atoms with Crippen molar-refractivity contribution in [2.45, 2.75) is 6.04 Å². The molecule has 1 fully saturated rings. The molecule has 0 amide bonds. The molecule has 3 heteroatoms. The highest BCUT2D eigenvalue weighted by atomic mass is 15.1. The smallest absolute Gasteiger partial charge is 0.0706 e. The van der Waals surface area contributed by atoms with E-state index in [0.717, 1.165) is 30.8 Å². The van der Waals surface area contributed by atoms with Crippen LogP contribution in [0.3, 0.4) is 0 Å². The predicted octanol–water partition coefficient (Wildman–Crippen LogP) is 1.47. The number of piperazine rings is 1. The maximum Gasteiger partial charge on any atom is 0.0706 e. The van der Waals surface area contributed by atoms with Crippen LogP contribution in [-0.2, 0) is 0 Å². The van der Waals surface area contributed by atoms with Crippen molar-refractivity contribution >= 4 is 10.9 Å². The predicted molar refractivity (Wildman–Crippen MR) is 65.4 cm³/mol. The summed E-state index contributed by atoms with van der Waals surface area (Å²) in [4.78, 5) is 4.70. The SMILES string of the molecule is c1ccc2nc(C3CNCCN3)ccc2c1. The van der Waals surface area contributed by atoms with E-state index in [1.807, 2.05) is 12.1 Å². The van der Waals surface area contributed by atoms with Gasteiger partial charge in [-0.25, -0.2) is 0 Å². The fourth-order valence-corrected chi connectivity index (χ4v) is 2.14. The lowest BCUT2D eigenvalue weighted by atomic mass is 10.1. The molecule has 2 aromatic rings. The van der Waals surface area contributed by atoms with Gasteiger partial charge in [-0.1, -0.05) is 24.3 Å². The summed E-state index contributed by atoms with van der Waals surface area (Å²) in [6.07, 6.45) is 0. The average Bonchev–Trinajstić information content (AvgIpc) is 2.39. The summed E-state index contributed by atoms with van der Waals surface area (Å²) in [6.45, 7) is 3.02. The minimum atomic E-state index is 0.346. The molecule has 1 atom stereocenters. The number of aromatic nitrogens is 1. The molecule has 3 nitrogen and oxygen atoms in total. The zero-order valence-corrected chi connectivity index (χ0v) is 9.11. The number of fused-ring (bicyclic) bond motifs is 1. The van der Waals surface area contributed by atoms with Gasteiger partial charge in [0.05, 0.1) is 17.3 Å². The molecule has 1 aliphatic rings. The van der Waals surface area contributed by atoms with Crippen molar-refractivity contribution in [3.8, 4) is 0 Å². The summed E-state index contributed by atoms with van der Waals surface area (Å²) >= 11 is 0. The summed E-state index contributed by atoms with van der Waals surface area (Å²) in [5, 5.41) is 8.06. The first-order valence-electron chi connectivity index (χ1n) is 5.73. The second-order valence-electron chi connectivity index (χ2n) is 4.14. The van der Waals surface area contributed by atoms with Crippen LogP contribution in [0.25, 0.3) is 10.9 Å². The van der Waals surface area contributed by atoms with E-state index in [1.165, 1.54) is 5.39 Å². The van der Waals surface area contributed by atoms with Crippen LogP contribution >= 0.6 is 0 Å². The molecule has 82 valence electrons. The third-order valence-corrected chi connectivity index (χ3v) is 3.02. The highest BCUT2D eigenvalue weighted by Gasteiger charge is 2.15. The van der Waals surface area contributed by atoms with Crippen molar-refractivity contribution in [1.82, 2.24) is 15.6 Å². The van der Waals surface area contributed by atoms with Crippen LogP contribution in [0.15, 0.2) is 36.4 Å². The molecule has 2 N–H and O–H groups in total. The van der Waals surface area contributed by atoms with E-state index in [2.05, 4.69) is 34.9 Å². The van der Waals surface area contributed by atoms with E-state index in [-0.39, 0.29) is 0 Å². The third-order valence-electron chi connectivity index (χ3n) is 3.02. The Bertz CT molecular complexity index is 489. The maximum absolute atomic E-state index is 4.70. The zero-order chi connectivity index (χ0) is 10.8. The molecule has 16 heavy (non-hydrogen) atoms. The molecule has 1 aromatic carbocycles. The molecule has 1 saturated heterocycles. The molecule has 0 bridgehead atoms. The number of nitrogens with zero attached hydrogens (tertiary/aromatic N) is 1. The van der Waals surface area contributed by atoms with Gasteiger partial charge in [0.15, 0.2) is 0 Å². The lowest BCUT2D eigenvalue weighted by Gasteiger charge is -2.24. The van der Waals surface area contributed by atoms with Gasteiger partial charge in [0.25, 0.3) is 0 Å². The molecular weight excluding hydrogens is 198 g/mol. The lowest BCUT2D eigenvalue weighted by molar-refractivity contribution is 0.424. The number of para-hydroxylation sites is 1. The molecule has 1 aliphatic heterocycles. The highest BCUT2D eigenvalue weighted by Crippen LogP contribution is 2.16. The van der Waals surface area contributed by atoms with Gasteiger partial charge >= 0.3 is 0 Å². The van der Waals surface area contributed by atoms with Gasteiger partial charge in [0.2, 0.25) is 0 Å². The summed E-state index contributed by atoms with van der Waals surface area (Å²) < 4.78 is 0. The monoisotopic (exact) mass is 213 g/mol. The van der Waals surface area contributed by atoms with Crippen LogP contribution < -0.4 is 10.6 Å². The van der Waals surface area contributed by atoms with Crippen molar-refractivity contribution < 1.29 is 0 Å². The van der Waals surface area contributed by atoms with E-state index in [0.29, 0.717) is 6.04 Å². The van der Waals surface area contributed by atoms with Gasteiger partial charge in [-0.3, -0.25) is 4.98 Å². The van der Waals surface area contributed by atoms with Crippen LogP contribution in [0.2, 0.25) is 0 Å². The topological polar surface area (TPSA) is 37.0 Å². The quantitative estimate of drug-likeness (QED) is 0.753. The summed E-state index contributed by atoms with van der Waals surface area (Å²) in [5.74, 6) is 0. The molecule has 0 radical (unpaired) electrons. The Labute approximate surface area is 94.9 Å². The van der Waals surface area contributed by atoms with Crippen molar-refractivity contribution in [3.05, 3.63) is 42.1 Å². The molecule has 2 heterocycles. The van der Waals surface area contributed by atoms with Crippen LogP contribution in [0.5, 0.6) is 0 Å². The minimum absolute atomic E-state index is 0.346. The van der Waals surface area contributed by atoms with E-state index in [1.54, 1.807) is 0 Å². The Morgan fingerprint density at radius 2 is 2.00 bits per heavy atom. The number of nitrogens with one attached hydrogen (secondary N) is 2. The Balaban J connectivity index is 1.97. The normalized spacial score (nSPS) is 21.1. The van der Waals surface area contributed by atoms with Crippen molar-refractivity contribution in [1.29, 1.82) is 0 Å². The molecule has 1 aromatic heterocycles. The van der Waals surface area contributed by atoms with Gasteiger partial charge < -0.3 is 10.6 Å². The van der Waals surface area contributed by atoms with Crippen LogP contribution in [0, 0.1) is 0 Å². The summed E-state index contributed by atoms with van der Waals surface area (Å²) in [7, 11) is 0. The Hall–Kier alpha value is -1.45. The molecule has 0 saturated carbocycles. The second-order valence-corrected chi connectivity index (χ2v) is 4.14. The van der Waals surface area contributed by atoms with E-state index >= 15 is 0 Å². The molecule has 1 unspecified atom stereocenters. The number of hydrogen-bond acceptors (Lipinski definition) is 3. The molecule has 3 rings (SSSR count).